The van der Waals surface area contributed by atoms with Crippen LogP contribution in [0.3, 0.4) is 0 Å². The van der Waals surface area contributed by atoms with Crippen LogP contribution in [0.2, 0.25) is 0 Å². The molecule has 40 heavy (non-hydrogen) atoms. The van der Waals surface area contributed by atoms with Crippen molar-refractivity contribution in [3.05, 3.63) is 54.1 Å². The predicted molar refractivity (Wildman–Crippen MR) is 160 cm³/mol. The third kappa shape index (κ3) is 13.7. The lowest BCUT2D eigenvalue weighted by atomic mass is 10.1. The van der Waals surface area contributed by atoms with Crippen LogP contribution in [0.25, 0.3) is 0 Å². The Labute approximate surface area is 238 Å². The van der Waals surface area contributed by atoms with Gasteiger partial charge >= 0.3 is 12.0 Å². The van der Waals surface area contributed by atoms with Crippen molar-refractivity contribution in [2.24, 2.45) is 5.92 Å². The van der Waals surface area contributed by atoms with Crippen LogP contribution in [0.15, 0.2) is 48.5 Å². The molecule has 0 bridgehead atoms. The van der Waals surface area contributed by atoms with Gasteiger partial charge in [0, 0.05) is 30.2 Å². The van der Waals surface area contributed by atoms with Gasteiger partial charge in [-0.25, -0.2) is 4.79 Å². The lowest BCUT2D eigenvalue weighted by Crippen LogP contribution is -2.43. The summed E-state index contributed by atoms with van der Waals surface area (Å²) < 4.78 is 4.87. The summed E-state index contributed by atoms with van der Waals surface area (Å²) in [5, 5.41) is 11.3. The maximum Gasteiger partial charge on any atom is 0.323 e. The van der Waals surface area contributed by atoms with Crippen LogP contribution >= 0.6 is 0 Å². The summed E-state index contributed by atoms with van der Waals surface area (Å²) in [7, 11) is 0. The van der Waals surface area contributed by atoms with Gasteiger partial charge in [0.25, 0.3) is 0 Å². The highest BCUT2D eigenvalue weighted by Crippen LogP contribution is 2.16. The SMILES string of the molecule is CC.CCOC(=O)CCNCC(=O)N(CCC(C)C)CC(=O)Nc1ccc(NC(=O)Nc2ccccc2C)cc1. The molecule has 0 aliphatic carbocycles. The van der Waals surface area contributed by atoms with E-state index in [0.29, 0.717) is 37.0 Å². The predicted octanol–water partition coefficient (Wildman–Crippen LogP) is 5.02. The monoisotopic (exact) mass is 555 g/mol. The molecule has 0 aliphatic rings. The van der Waals surface area contributed by atoms with Gasteiger partial charge in [-0.15, -0.1) is 0 Å². The van der Waals surface area contributed by atoms with Gasteiger partial charge in [-0.05, 0) is 62.1 Å². The Morgan fingerprint density at radius 3 is 2.12 bits per heavy atom. The number of para-hydroxylation sites is 1. The molecule has 0 aliphatic heterocycles. The van der Waals surface area contributed by atoms with Crippen molar-refractivity contribution < 1.29 is 23.9 Å². The molecule has 0 saturated heterocycles. The second-order valence-electron chi connectivity index (χ2n) is 9.25. The maximum atomic E-state index is 12.7. The van der Waals surface area contributed by atoms with Crippen LogP contribution in [0.1, 0.15) is 53.0 Å². The quantitative estimate of drug-likeness (QED) is 0.191. The fourth-order valence-electron chi connectivity index (χ4n) is 3.45. The van der Waals surface area contributed by atoms with E-state index in [9.17, 15) is 19.2 Å². The van der Waals surface area contributed by atoms with Gasteiger partial charge in [0.15, 0.2) is 0 Å². The Hall–Kier alpha value is -3.92. The number of urea groups is 1. The Bertz CT molecular complexity index is 1070. The van der Waals surface area contributed by atoms with Crippen molar-refractivity contribution in [1.29, 1.82) is 0 Å². The summed E-state index contributed by atoms with van der Waals surface area (Å²) in [6, 6.07) is 13.8. The van der Waals surface area contributed by atoms with Gasteiger partial charge in [-0.3, -0.25) is 14.4 Å². The number of carbonyl (C=O) groups excluding carboxylic acids is 4. The number of carbonyl (C=O) groups is 4. The van der Waals surface area contributed by atoms with Crippen molar-refractivity contribution in [2.75, 3.05) is 48.7 Å². The fraction of sp³-hybridized carbons (Fsp3) is 0.467. The molecule has 2 aromatic rings. The van der Waals surface area contributed by atoms with Crippen molar-refractivity contribution in [2.45, 2.75) is 54.4 Å². The van der Waals surface area contributed by atoms with Crippen LogP contribution in [0.4, 0.5) is 21.9 Å². The van der Waals surface area contributed by atoms with E-state index in [1.54, 1.807) is 31.2 Å². The molecule has 0 saturated carbocycles. The third-order valence-electron chi connectivity index (χ3n) is 5.57. The number of nitrogens with one attached hydrogen (secondary N) is 4. The molecule has 2 aromatic carbocycles. The van der Waals surface area contributed by atoms with E-state index in [4.69, 9.17) is 4.74 Å². The normalized spacial score (nSPS) is 10.2. The lowest BCUT2D eigenvalue weighted by molar-refractivity contribution is -0.143. The first-order valence-electron chi connectivity index (χ1n) is 13.9. The highest BCUT2D eigenvalue weighted by molar-refractivity contribution is 6.00. The van der Waals surface area contributed by atoms with E-state index in [1.807, 2.05) is 45.0 Å². The average Bonchev–Trinajstić information content (AvgIpc) is 2.92. The van der Waals surface area contributed by atoms with Crippen LogP contribution in [0, 0.1) is 12.8 Å². The molecule has 10 nitrogen and oxygen atoms in total. The molecule has 0 spiro atoms. The number of anilines is 3. The molecular formula is C30H45N5O5. The standard InChI is InChI=1S/C28H39N5O5.C2H6/c1-5-38-27(36)14-16-29-18-26(35)33(17-15-20(2)3)19-25(34)30-22-10-12-23(13-11-22)31-28(37)32-24-9-7-6-8-21(24)4;1-2/h6-13,20,29H,5,14-19H2,1-4H3,(H,30,34)(H2,31,32,37);1-2H3. The van der Waals surface area contributed by atoms with Gasteiger partial charge in [0.2, 0.25) is 11.8 Å². The number of hydrogen-bond acceptors (Lipinski definition) is 6. The van der Waals surface area contributed by atoms with Crippen LogP contribution in [-0.4, -0.2) is 61.5 Å². The maximum absolute atomic E-state index is 12.7. The van der Waals surface area contributed by atoms with Crippen molar-refractivity contribution >= 4 is 40.9 Å². The number of rotatable bonds is 14. The third-order valence-corrected chi connectivity index (χ3v) is 5.57. The zero-order valence-electron chi connectivity index (χ0n) is 24.6. The van der Waals surface area contributed by atoms with Gasteiger partial charge in [-0.1, -0.05) is 45.9 Å². The van der Waals surface area contributed by atoms with Gasteiger partial charge in [-0.2, -0.15) is 0 Å². The van der Waals surface area contributed by atoms with Crippen molar-refractivity contribution in [3.63, 3.8) is 0 Å². The molecule has 0 aromatic heterocycles. The number of esters is 1. The summed E-state index contributed by atoms with van der Waals surface area (Å²) in [6.45, 7) is 12.8. The summed E-state index contributed by atoms with van der Waals surface area (Å²) in [5.41, 5.74) is 2.79. The molecule has 10 heteroatoms. The molecule has 4 N–H and O–H groups in total. The first-order chi connectivity index (χ1) is 19.2. The van der Waals surface area contributed by atoms with E-state index in [2.05, 4.69) is 35.1 Å². The Morgan fingerprint density at radius 2 is 1.52 bits per heavy atom. The number of nitrogens with zero attached hydrogens (tertiary/aromatic N) is 1. The van der Waals surface area contributed by atoms with Gasteiger partial charge < -0.3 is 30.9 Å². The molecule has 0 radical (unpaired) electrons. The minimum Gasteiger partial charge on any atom is -0.466 e. The van der Waals surface area contributed by atoms with Crippen LogP contribution in [0.5, 0.6) is 0 Å². The second kappa shape index (κ2) is 19.2. The molecule has 2 rings (SSSR count). The zero-order valence-corrected chi connectivity index (χ0v) is 24.6. The van der Waals surface area contributed by atoms with E-state index >= 15 is 0 Å². The summed E-state index contributed by atoms with van der Waals surface area (Å²) in [4.78, 5) is 50.7. The fourth-order valence-corrected chi connectivity index (χ4v) is 3.45. The summed E-state index contributed by atoms with van der Waals surface area (Å²) in [5.74, 6) is -0.500. The Balaban J connectivity index is 0.00000391. The molecule has 0 heterocycles. The molecule has 0 fully saturated rings. The Kier molecular flexibility index (Phi) is 16.4. The van der Waals surface area contributed by atoms with Crippen molar-refractivity contribution in [1.82, 2.24) is 10.2 Å². The van der Waals surface area contributed by atoms with E-state index in [1.165, 1.54) is 4.90 Å². The number of aryl methyl sites for hydroxylation is 1. The van der Waals surface area contributed by atoms with Crippen molar-refractivity contribution in [3.8, 4) is 0 Å². The van der Waals surface area contributed by atoms with E-state index < -0.39 is 0 Å². The summed E-state index contributed by atoms with van der Waals surface area (Å²) in [6.07, 6.45) is 0.929. The molecule has 4 amide bonds. The largest absolute Gasteiger partial charge is 0.466 e. The smallest absolute Gasteiger partial charge is 0.323 e. The van der Waals surface area contributed by atoms with Gasteiger partial charge in [0.05, 0.1) is 26.1 Å². The first kappa shape index (κ1) is 34.1. The Morgan fingerprint density at radius 1 is 0.900 bits per heavy atom. The number of hydrogen-bond donors (Lipinski definition) is 4. The van der Waals surface area contributed by atoms with Crippen LogP contribution < -0.4 is 21.3 Å². The van der Waals surface area contributed by atoms with Gasteiger partial charge in [0.1, 0.15) is 0 Å². The first-order valence-corrected chi connectivity index (χ1v) is 13.9. The summed E-state index contributed by atoms with van der Waals surface area (Å²) >= 11 is 0. The molecule has 0 unspecified atom stereocenters. The zero-order chi connectivity index (χ0) is 29.9. The lowest BCUT2D eigenvalue weighted by Gasteiger charge is -2.23. The average molecular weight is 556 g/mol. The number of amides is 4. The highest BCUT2D eigenvalue weighted by atomic mass is 16.5. The minimum absolute atomic E-state index is 0.0235. The topological polar surface area (TPSA) is 129 Å². The minimum atomic E-state index is -0.369. The van der Waals surface area contributed by atoms with E-state index in [-0.39, 0.29) is 43.3 Å². The number of benzene rings is 2. The number of ether oxygens (including phenoxy) is 1. The van der Waals surface area contributed by atoms with E-state index in [0.717, 1.165) is 17.7 Å². The second-order valence-corrected chi connectivity index (χ2v) is 9.25. The molecule has 220 valence electrons. The molecular weight excluding hydrogens is 510 g/mol. The highest BCUT2D eigenvalue weighted by Gasteiger charge is 2.18. The molecule has 0 atom stereocenters. The van der Waals surface area contributed by atoms with Crippen LogP contribution in [-0.2, 0) is 19.1 Å².